The van der Waals surface area contributed by atoms with E-state index in [9.17, 15) is 20.2 Å². The number of halogens is 2. The minimum Gasteiger partial charge on any atom is -0.490 e. The Morgan fingerprint density at radius 1 is 1.11 bits per heavy atom. The van der Waals surface area contributed by atoms with Crippen LogP contribution in [-0.4, -0.2) is 17.4 Å². The summed E-state index contributed by atoms with van der Waals surface area (Å²) in [5.74, 6) is 0.0709. The van der Waals surface area contributed by atoms with E-state index >= 15 is 0 Å². The SMILES string of the molecule is CCOc1cc(/C=C(\C#N)C(=O)Nc2ccc(C)cc2[N+](=O)[O-])ccc1OCc1ccc(Cl)cc1Cl. The Hall–Kier alpha value is -4.06. The number of carbonyl (C=O) groups is 1. The molecule has 36 heavy (non-hydrogen) atoms. The second kappa shape index (κ2) is 12.1. The van der Waals surface area contributed by atoms with Crippen molar-refractivity contribution in [2.45, 2.75) is 20.5 Å². The first-order valence-corrected chi connectivity index (χ1v) is 11.5. The van der Waals surface area contributed by atoms with E-state index in [1.165, 1.54) is 18.2 Å². The van der Waals surface area contributed by atoms with E-state index in [1.54, 1.807) is 49.4 Å². The Labute approximate surface area is 217 Å². The van der Waals surface area contributed by atoms with Gasteiger partial charge in [0.25, 0.3) is 11.6 Å². The summed E-state index contributed by atoms with van der Waals surface area (Å²) < 4.78 is 11.5. The standard InChI is InChI=1S/C26H21Cl2N3O5/c1-3-35-25-12-17(5-9-24(25)36-15-18-6-7-20(27)13-21(18)28)11-19(14-29)26(32)30-22-8-4-16(2)10-23(22)31(33)34/h4-13H,3,15H2,1-2H3,(H,30,32)/b19-11+. The summed E-state index contributed by atoms with van der Waals surface area (Å²) in [6.45, 7) is 4.04. The van der Waals surface area contributed by atoms with Crippen molar-refractivity contribution in [3.05, 3.63) is 97.0 Å². The summed E-state index contributed by atoms with van der Waals surface area (Å²) in [6.07, 6.45) is 1.36. The molecule has 0 saturated heterocycles. The first-order valence-electron chi connectivity index (χ1n) is 10.7. The van der Waals surface area contributed by atoms with Gasteiger partial charge in [0, 0.05) is 21.7 Å². The van der Waals surface area contributed by atoms with Gasteiger partial charge in [-0.3, -0.25) is 14.9 Å². The van der Waals surface area contributed by atoms with Gasteiger partial charge < -0.3 is 14.8 Å². The number of anilines is 1. The molecule has 0 aliphatic heterocycles. The Balaban J connectivity index is 1.83. The van der Waals surface area contributed by atoms with Crippen molar-refractivity contribution in [1.29, 1.82) is 5.26 Å². The molecule has 0 aliphatic carbocycles. The number of amides is 1. The fraction of sp³-hybridized carbons (Fsp3) is 0.154. The van der Waals surface area contributed by atoms with Crippen molar-refractivity contribution in [3.8, 4) is 17.6 Å². The molecule has 0 fully saturated rings. The Morgan fingerprint density at radius 3 is 2.56 bits per heavy atom. The van der Waals surface area contributed by atoms with Gasteiger partial charge in [-0.25, -0.2) is 0 Å². The molecule has 0 heterocycles. The largest absolute Gasteiger partial charge is 0.490 e. The molecule has 3 aromatic rings. The number of ether oxygens (including phenoxy) is 2. The quantitative estimate of drug-likeness (QED) is 0.143. The van der Waals surface area contributed by atoms with Crippen LogP contribution in [0, 0.1) is 28.4 Å². The first kappa shape index (κ1) is 26.5. The zero-order valence-corrected chi connectivity index (χ0v) is 20.9. The van der Waals surface area contributed by atoms with E-state index in [0.29, 0.717) is 39.3 Å². The van der Waals surface area contributed by atoms with Gasteiger partial charge in [0.2, 0.25) is 0 Å². The van der Waals surface area contributed by atoms with Gasteiger partial charge in [0.15, 0.2) is 11.5 Å². The molecule has 1 amide bonds. The number of carbonyl (C=O) groups excluding carboxylic acids is 1. The number of nitro groups is 1. The van der Waals surface area contributed by atoms with Gasteiger partial charge >= 0.3 is 0 Å². The van der Waals surface area contributed by atoms with Gasteiger partial charge in [-0.2, -0.15) is 5.26 Å². The van der Waals surface area contributed by atoms with Gasteiger partial charge in [-0.1, -0.05) is 41.4 Å². The summed E-state index contributed by atoms with van der Waals surface area (Å²) in [4.78, 5) is 23.4. The Kier molecular flexibility index (Phi) is 8.90. The lowest BCUT2D eigenvalue weighted by molar-refractivity contribution is -0.384. The summed E-state index contributed by atoms with van der Waals surface area (Å²) in [6, 6.07) is 16.3. The highest BCUT2D eigenvalue weighted by Crippen LogP contribution is 2.32. The number of hydrogen-bond donors (Lipinski definition) is 1. The van der Waals surface area contributed by atoms with Crippen LogP contribution in [0.25, 0.3) is 6.08 Å². The minimum atomic E-state index is -0.778. The van der Waals surface area contributed by atoms with Crippen LogP contribution >= 0.6 is 23.2 Å². The maximum atomic E-state index is 12.7. The summed E-state index contributed by atoms with van der Waals surface area (Å²) in [5, 5.41) is 24.3. The van der Waals surface area contributed by atoms with Crippen molar-refractivity contribution >= 4 is 46.6 Å². The molecular formula is C26H21Cl2N3O5. The Bertz CT molecular complexity index is 1380. The maximum Gasteiger partial charge on any atom is 0.293 e. The number of benzene rings is 3. The van der Waals surface area contributed by atoms with Crippen LogP contribution in [0.15, 0.2) is 60.2 Å². The van der Waals surface area contributed by atoms with Crippen molar-refractivity contribution in [2.75, 3.05) is 11.9 Å². The normalized spacial score (nSPS) is 10.9. The average molecular weight is 526 g/mol. The van der Waals surface area contributed by atoms with Crippen LogP contribution in [-0.2, 0) is 11.4 Å². The fourth-order valence-corrected chi connectivity index (χ4v) is 3.66. The molecule has 0 unspecified atom stereocenters. The second-order valence-corrected chi connectivity index (χ2v) is 8.41. The van der Waals surface area contributed by atoms with Crippen molar-refractivity contribution < 1.29 is 19.2 Å². The highest BCUT2D eigenvalue weighted by molar-refractivity contribution is 6.35. The highest BCUT2D eigenvalue weighted by atomic mass is 35.5. The molecule has 0 atom stereocenters. The summed E-state index contributed by atoms with van der Waals surface area (Å²) >= 11 is 12.1. The summed E-state index contributed by atoms with van der Waals surface area (Å²) in [5.41, 5.74) is 1.40. The zero-order valence-electron chi connectivity index (χ0n) is 19.4. The first-order chi connectivity index (χ1) is 17.2. The number of nitrogens with zero attached hydrogens (tertiary/aromatic N) is 2. The third-order valence-corrected chi connectivity index (χ3v) is 5.53. The maximum absolute atomic E-state index is 12.7. The van der Waals surface area contributed by atoms with Gasteiger partial charge in [0.05, 0.1) is 11.5 Å². The van der Waals surface area contributed by atoms with Crippen LogP contribution < -0.4 is 14.8 Å². The van der Waals surface area contributed by atoms with Crippen LogP contribution in [0.5, 0.6) is 11.5 Å². The number of aryl methyl sites for hydroxylation is 1. The molecular weight excluding hydrogens is 505 g/mol. The number of rotatable bonds is 9. The van der Waals surface area contributed by atoms with E-state index in [-0.39, 0.29) is 23.6 Å². The Morgan fingerprint density at radius 2 is 1.89 bits per heavy atom. The minimum absolute atomic E-state index is 0.00337. The fourth-order valence-electron chi connectivity index (χ4n) is 3.20. The molecule has 0 spiro atoms. The van der Waals surface area contributed by atoms with Gasteiger partial charge in [0.1, 0.15) is 23.9 Å². The molecule has 10 heteroatoms. The van der Waals surface area contributed by atoms with Crippen molar-refractivity contribution in [2.24, 2.45) is 0 Å². The van der Waals surface area contributed by atoms with Crippen LogP contribution in [0.4, 0.5) is 11.4 Å². The van der Waals surface area contributed by atoms with Crippen LogP contribution in [0.1, 0.15) is 23.6 Å². The molecule has 0 bridgehead atoms. The highest BCUT2D eigenvalue weighted by Gasteiger charge is 2.18. The third kappa shape index (κ3) is 6.75. The van der Waals surface area contributed by atoms with E-state index in [4.69, 9.17) is 32.7 Å². The average Bonchev–Trinajstić information content (AvgIpc) is 2.84. The monoisotopic (exact) mass is 525 g/mol. The third-order valence-electron chi connectivity index (χ3n) is 4.94. The second-order valence-electron chi connectivity index (χ2n) is 7.57. The molecule has 3 rings (SSSR count). The molecule has 1 N–H and O–H groups in total. The molecule has 8 nitrogen and oxygen atoms in total. The number of hydrogen-bond acceptors (Lipinski definition) is 6. The smallest absolute Gasteiger partial charge is 0.293 e. The topological polar surface area (TPSA) is 114 Å². The van der Waals surface area contributed by atoms with Gasteiger partial charge in [-0.15, -0.1) is 0 Å². The predicted molar refractivity (Wildman–Crippen MR) is 138 cm³/mol. The van der Waals surface area contributed by atoms with Gasteiger partial charge in [-0.05, 0) is 61.4 Å². The molecule has 0 saturated carbocycles. The number of nitriles is 1. The van der Waals surface area contributed by atoms with Crippen LogP contribution in [0.3, 0.4) is 0 Å². The van der Waals surface area contributed by atoms with E-state index < -0.39 is 10.8 Å². The molecule has 184 valence electrons. The van der Waals surface area contributed by atoms with E-state index in [1.807, 2.05) is 13.0 Å². The molecule has 0 aliphatic rings. The summed E-state index contributed by atoms with van der Waals surface area (Å²) in [7, 11) is 0. The van der Waals surface area contributed by atoms with E-state index in [0.717, 1.165) is 5.56 Å². The molecule has 0 aromatic heterocycles. The number of nitro benzene ring substituents is 1. The lowest BCUT2D eigenvalue weighted by Crippen LogP contribution is -2.14. The molecule has 3 aromatic carbocycles. The lowest BCUT2D eigenvalue weighted by Gasteiger charge is -2.13. The molecule has 0 radical (unpaired) electrons. The predicted octanol–water partition coefficient (Wildman–Crippen LogP) is 6.73. The van der Waals surface area contributed by atoms with Crippen molar-refractivity contribution in [1.82, 2.24) is 0 Å². The van der Waals surface area contributed by atoms with Crippen molar-refractivity contribution in [3.63, 3.8) is 0 Å². The van der Waals surface area contributed by atoms with E-state index in [2.05, 4.69) is 5.32 Å². The lowest BCUT2D eigenvalue weighted by atomic mass is 10.1. The number of nitrogens with one attached hydrogen (secondary N) is 1. The van der Waals surface area contributed by atoms with Crippen LogP contribution in [0.2, 0.25) is 10.0 Å². The zero-order chi connectivity index (χ0) is 26.2.